The monoisotopic (exact) mass is 255 g/mol. The van der Waals surface area contributed by atoms with Crippen LogP contribution in [0.3, 0.4) is 0 Å². The summed E-state index contributed by atoms with van der Waals surface area (Å²) in [6.07, 6.45) is 3.00. The molecule has 6 heteroatoms. The topological polar surface area (TPSA) is 66.4 Å². The third-order valence-corrected chi connectivity index (χ3v) is 4.75. The van der Waals surface area contributed by atoms with E-state index in [4.69, 9.17) is 5.11 Å². The predicted octanol–water partition coefficient (Wildman–Crippen LogP) is 0.820. The molecule has 2 N–H and O–H groups in total. The molecule has 0 fully saturated rings. The van der Waals surface area contributed by atoms with Crippen LogP contribution in [0.25, 0.3) is 0 Å². The van der Waals surface area contributed by atoms with Gasteiger partial charge in [-0.1, -0.05) is 0 Å². The van der Waals surface area contributed by atoms with E-state index in [1.807, 2.05) is 20.1 Å². The van der Waals surface area contributed by atoms with Crippen molar-refractivity contribution in [1.82, 2.24) is 4.72 Å². The number of unbranched alkanes of at least 4 members (excludes halogenated alkanes) is 1. The molecule has 0 aliphatic rings. The van der Waals surface area contributed by atoms with Crippen molar-refractivity contribution in [3.63, 3.8) is 0 Å². The molecule has 0 unspecified atom stereocenters. The van der Waals surface area contributed by atoms with Gasteiger partial charge in [0.15, 0.2) is 0 Å². The number of hydrogen-bond acceptors (Lipinski definition) is 4. The van der Waals surface area contributed by atoms with Crippen LogP contribution in [-0.2, 0) is 10.0 Å². The molecule has 0 atom stereocenters. The predicted molar refractivity (Wildman–Crippen MR) is 65.7 cm³/mol. The van der Waals surface area contributed by atoms with Gasteiger partial charge in [-0.05, 0) is 32.9 Å². The van der Waals surface area contributed by atoms with Gasteiger partial charge in [0.05, 0.1) is 5.75 Å². The fourth-order valence-corrected chi connectivity index (χ4v) is 2.45. The fourth-order valence-electron chi connectivity index (χ4n) is 0.832. The Bertz CT molecular complexity index is 263. The van der Waals surface area contributed by atoms with Crippen molar-refractivity contribution < 1.29 is 13.5 Å². The molecule has 0 saturated carbocycles. The van der Waals surface area contributed by atoms with Crippen LogP contribution < -0.4 is 4.72 Å². The third-order valence-electron chi connectivity index (χ3n) is 2.09. The maximum Gasteiger partial charge on any atom is 0.211 e. The Kier molecular flexibility index (Phi) is 6.83. The lowest BCUT2D eigenvalue weighted by molar-refractivity contribution is 0.287. The lowest BCUT2D eigenvalue weighted by Gasteiger charge is -2.22. The first-order valence-corrected chi connectivity index (χ1v) is 7.84. The van der Waals surface area contributed by atoms with Gasteiger partial charge in [0.1, 0.15) is 0 Å². The Morgan fingerprint density at radius 2 is 1.93 bits per heavy atom. The van der Waals surface area contributed by atoms with Crippen LogP contribution in [0.4, 0.5) is 0 Å². The van der Waals surface area contributed by atoms with Gasteiger partial charge in [0.2, 0.25) is 10.0 Å². The Labute approximate surface area is 96.9 Å². The molecule has 0 spiro atoms. The summed E-state index contributed by atoms with van der Waals surface area (Å²) in [5.74, 6) is 0.0953. The van der Waals surface area contributed by atoms with Crippen molar-refractivity contribution >= 4 is 21.8 Å². The van der Waals surface area contributed by atoms with E-state index in [9.17, 15) is 8.42 Å². The number of rotatable bonds is 8. The Hall–Kier alpha value is 0.220. The summed E-state index contributed by atoms with van der Waals surface area (Å²) >= 11 is 1.63. The zero-order valence-corrected chi connectivity index (χ0v) is 11.2. The van der Waals surface area contributed by atoms with E-state index in [2.05, 4.69) is 4.72 Å². The number of sulfonamides is 1. The molecule has 0 heterocycles. The molecule has 0 rings (SSSR count). The highest BCUT2D eigenvalue weighted by Crippen LogP contribution is 2.19. The highest BCUT2D eigenvalue weighted by molar-refractivity contribution is 8.00. The average Bonchev–Trinajstić information content (AvgIpc) is 2.16. The molecule has 0 radical (unpaired) electrons. The molecular formula is C9H21NO3S2. The van der Waals surface area contributed by atoms with Gasteiger partial charge in [-0.2, -0.15) is 11.8 Å². The third kappa shape index (κ3) is 8.07. The SMILES string of the molecule is CSC(C)(C)CNS(=O)(=O)CCCCO. The standard InChI is InChI=1S/C9H21NO3S2/c1-9(2,14-3)8-10-15(12,13)7-5-4-6-11/h10-11H,4-8H2,1-3H3. The molecule has 0 aromatic carbocycles. The molecule has 0 aliphatic heterocycles. The lowest BCUT2D eigenvalue weighted by Crippen LogP contribution is -2.37. The van der Waals surface area contributed by atoms with Crippen LogP contribution in [0.5, 0.6) is 0 Å². The van der Waals surface area contributed by atoms with E-state index in [0.29, 0.717) is 19.4 Å². The summed E-state index contributed by atoms with van der Waals surface area (Å²) in [5, 5.41) is 8.54. The fraction of sp³-hybridized carbons (Fsp3) is 1.00. The molecule has 0 saturated heterocycles. The lowest BCUT2D eigenvalue weighted by atomic mass is 10.2. The first kappa shape index (κ1) is 15.2. The van der Waals surface area contributed by atoms with Gasteiger partial charge in [-0.25, -0.2) is 13.1 Å². The van der Waals surface area contributed by atoms with Gasteiger partial charge < -0.3 is 5.11 Å². The highest BCUT2D eigenvalue weighted by atomic mass is 32.2. The van der Waals surface area contributed by atoms with E-state index >= 15 is 0 Å². The largest absolute Gasteiger partial charge is 0.396 e. The molecule has 0 bridgehead atoms. The molecule has 0 aromatic rings. The van der Waals surface area contributed by atoms with Crippen LogP contribution in [0, 0.1) is 0 Å². The van der Waals surface area contributed by atoms with Crippen LogP contribution in [-0.4, -0.2) is 43.4 Å². The summed E-state index contributed by atoms with van der Waals surface area (Å²) in [6.45, 7) is 4.48. The van der Waals surface area contributed by atoms with Gasteiger partial charge >= 0.3 is 0 Å². The maximum absolute atomic E-state index is 11.5. The summed E-state index contributed by atoms with van der Waals surface area (Å²) in [4.78, 5) is 0. The average molecular weight is 255 g/mol. The van der Waals surface area contributed by atoms with Crippen molar-refractivity contribution in [3.8, 4) is 0 Å². The summed E-state index contributed by atoms with van der Waals surface area (Å²) < 4.78 is 25.4. The second-order valence-corrected chi connectivity index (χ2v) is 7.47. The van der Waals surface area contributed by atoms with E-state index in [0.717, 1.165) is 0 Å². The maximum atomic E-state index is 11.5. The van der Waals surface area contributed by atoms with Crippen LogP contribution in [0.2, 0.25) is 0 Å². The Balaban J connectivity index is 3.94. The van der Waals surface area contributed by atoms with Crippen molar-refractivity contribution in [2.45, 2.75) is 31.4 Å². The minimum absolute atomic E-state index is 0.0474. The van der Waals surface area contributed by atoms with E-state index in [-0.39, 0.29) is 17.1 Å². The van der Waals surface area contributed by atoms with Gasteiger partial charge in [0.25, 0.3) is 0 Å². The first-order chi connectivity index (χ1) is 6.83. The minimum atomic E-state index is -3.17. The van der Waals surface area contributed by atoms with Crippen molar-refractivity contribution in [1.29, 1.82) is 0 Å². The zero-order valence-electron chi connectivity index (χ0n) is 9.62. The molecule has 0 amide bonds. The number of aliphatic hydroxyl groups is 1. The molecular weight excluding hydrogens is 234 g/mol. The van der Waals surface area contributed by atoms with E-state index in [1.165, 1.54) is 0 Å². The number of aliphatic hydroxyl groups excluding tert-OH is 1. The second-order valence-electron chi connectivity index (χ2n) is 4.03. The van der Waals surface area contributed by atoms with Crippen molar-refractivity contribution in [3.05, 3.63) is 0 Å². The number of hydrogen-bond donors (Lipinski definition) is 2. The van der Waals surface area contributed by atoms with Crippen molar-refractivity contribution in [2.75, 3.05) is 25.2 Å². The van der Waals surface area contributed by atoms with Gasteiger partial charge in [-0.3, -0.25) is 0 Å². The molecule has 92 valence electrons. The summed E-state index contributed by atoms with van der Waals surface area (Å²) in [5.41, 5.74) is 0. The first-order valence-electron chi connectivity index (χ1n) is 4.96. The molecule has 0 aromatic heterocycles. The Morgan fingerprint density at radius 1 is 1.33 bits per heavy atom. The smallest absolute Gasteiger partial charge is 0.211 e. The van der Waals surface area contributed by atoms with Gasteiger partial charge in [0, 0.05) is 17.9 Å². The van der Waals surface area contributed by atoms with Crippen LogP contribution in [0.1, 0.15) is 26.7 Å². The van der Waals surface area contributed by atoms with Crippen LogP contribution in [0.15, 0.2) is 0 Å². The summed E-state index contributed by atoms with van der Waals surface area (Å²) in [6, 6.07) is 0. The van der Waals surface area contributed by atoms with E-state index < -0.39 is 10.0 Å². The minimum Gasteiger partial charge on any atom is -0.396 e. The van der Waals surface area contributed by atoms with Crippen LogP contribution >= 0.6 is 11.8 Å². The van der Waals surface area contributed by atoms with Gasteiger partial charge in [-0.15, -0.1) is 0 Å². The Morgan fingerprint density at radius 3 is 2.40 bits per heavy atom. The second kappa shape index (κ2) is 6.73. The number of thioether (sulfide) groups is 1. The summed E-state index contributed by atoms with van der Waals surface area (Å²) in [7, 11) is -3.17. The quantitative estimate of drug-likeness (QED) is 0.630. The number of nitrogens with one attached hydrogen (secondary N) is 1. The zero-order chi connectivity index (χ0) is 11.9. The normalized spacial score (nSPS) is 13.1. The highest BCUT2D eigenvalue weighted by Gasteiger charge is 2.19. The van der Waals surface area contributed by atoms with Crippen molar-refractivity contribution in [2.24, 2.45) is 0 Å². The van der Waals surface area contributed by atoms with E-state index in [1.54, 1.807) is 11.8 Å². The molecule has 0 aliphatic carbocycles. The molecule has 4 nitrogen and oxygen atoms in total. The molecule has 15 heavy (non-hydrogen) atoms.